The van der Waals surface area contributed by atoms with Crippen molar-refractivity contribution >= 4 is 0 Å². The molecule has 2 atom stereocenters. The Labute approximate surface area is 103 Å². The fourth-order valence-electron chi connectivity index (χ4n) is 2.62. The van der Waals surface area contributed by atoms with E-state index >= 15 is 0 Å². The molecule has 17 heavy (non-hydrogen) atoms. The minimum absolute atomic E-state index is 0.454. The molecule has 0 spiro atoms. The van der Waals surface area contributed by atoms with E-state index in [1.807, 2.05) is 17.1 Å². The molecular formula is C13H23N3O. The van der Waals surface area contributed by atoms with Crippen LogP contribution >= 0.6 is 0 Å². The van der Waals surface area contributed by atoms with Crippen LogP contribution < -0.4 is 0 Å². The van der Waals surface area contributed by atoms with E-state index < -0.39 is 5.60 Å². The average molecular weight is 237 g/mol. The SMILES string of the molecule is CCn1cc(CC2(O)CCN(C)C(C)C2)cn1. The molecule has 0 amide bonds. The van der Waals surface area contributed by atoms with Crippen LogP contribution in [0.1, 0.15) is 32.3 Å². The molecule has 1 aliphatic heterocycles. The van der Waals surface area contributed by atoms with Gasteiger partial charge in [-0.1, -0.05) is 0 Å². The fourth-order valence-corrected chi connectivity index (χ4v) is 2.62. The van der Waals surface area contributed by atoms with Crippen molar-refractivity contribution in [2.75, 3.05) is 13.6 Å². The topological polar surface area (TPSA) is 41.3 Å². The van der Waals surface area contributed by atoms with Crippen LogP contribution in [0.15, 0.2) is 12.4 Å². The molecule has 4 heteroatoms. The molecule has 0 aliphatic carbocycles. The lowest BCUT2D eigenvalue weighted by atomic mass is 9.83. The molecule has 0 radical (unpaired) electrons. The maximum absolute atomic E-state index is 10.6. The van der Waals surface area contributed by atoms with Gasteiger partial charge in [-0.2, -0.15) is 5.10 Å². The monoisotopic (exact) mass is 237 g/mol. The van der Waals surface area contributed by atoms with Crippen LogP contribution in [0.5, 0.6) is 0 Å². The Morgan fingerprint density at radius 2 is 2.35 bits per heavy atom. The van der Waals surface area contributed by atoms with Crippen molar-refractivity contribution in [1.82, 2.24) is 14.7 Å². The standard InChI is InChI=1S/C13H23N3O/c1-4-16-10-12(9-14-16)8-13(17)5-6-15(3)11(2)7-13/h9-11,17H,4-8H2,1-3H3. The van der Waals surface area contributed by atoms with Crippen LogP contribution in [0, 0.1) is 0 Å². The quantitative estimate of drug-likeness (QED) is 0.861. The first kappa shape index (κ1) is 12.6. The minimum atomic E-state index is -0.548. The number of aliphatic hydroxyl groups is 1. The Morgan fingerprint density at radius 3 is 2.94 bits per heavy atom. The second-order valence-corrected chi connectivity index (χ2v) is 5.39. The highest BCUT2D eigenvalue weighted by atomic mass is 16.3. The summed E-state index contributed by atoms with van der Waals surface area (Å²) in [5.74, 6) is 0. The molecule has 1 saturated heterocycles. The Morgan fingerprint density at radius 1 is 1.59 bits per heavy atom. The van der Waals surface area contributed by atoms with Crippen molar-refractivity contribution in [3.05, 3.63) is 18.0 Å². The number of hydrogen-bond acceptors (Lipinski definition) is 3. The summed E-state index contributed by atoms with van der Waals surface area (Å²) in [4.78, 5) is 2.31. The van der Waals surface area contributed by atoms with E-state index in [0.717, 1.165) is 37.9 Å². The third kappa shape index (κ3) is 2.87. The van der Waals surface area contributed by atoms with E-state index in [1.165, 1.54) is 0 Å². The number of likely N-dealkylation sites (tertiary alicyclic amines) is 1. The molecule has 1 aliphatic rings. The second-order valence-electron chi connectivity index (χ2n) is 5.39. The van der Waals surface area contributed by atoms with Gasteiger partial charge in [0.25, 0.3) is 0 Å². The molecular weight excluding hydrogens is 214 g/mol. The van der Waals surface area contributed by atoms with Crippen molar-refractivity contribution in [1.29, 1.82) is 0 Å². The lowest BCUT2D eigenvalue weighted by molar-refractivity contribution is -0.0353. The van der Waals surface area contributed by atoms with Gasteiger partial charge in [-0.3, -0.25) is 4.68 Å². The molecule has 96 valence electrons. The van der Waals surface area contributed by atoms with Crippen LogP contribution in [0.25, 0.3) is 0 Å². The van der Waals surface area contributed by atoms with Crippen molar-refractivity contribution < 1.29 is 5.11 Å². The Hall–Kier alpha value is -0.870. The molecule has 0 bridgehead atoms. The van der Waals surface area contributed by atoms with Crippen LogP contribution in [-0.4, -0.2) is 45.0 Å². The van der Waals surface area contributed by atoms with Gasteiger partial charge in [-0.05, 0) is 39.3 Å². The van der Waals surface area contributed by atoms with Gasteiger partial charge < -0.3 is 10.0 Å². The first-order valence-electron chi connectivity index (χ1n) is 6.46. The maximum Gasteiger partial charge on any atom is 0.0716 e. The zero-order chi connectivity index (χ0) is 12.5. The number of hydrogen-bond donors (Lipinski definition) is 1. The predicted molar refractivity (Wildman–Crippen MR) is 67.9 cm³/mol. The second kappa shape index (κ2) is 4.78. The van der Waals surface area contributed by atoms with Crippen molar-refractivity contribution in [3.63, 3.8) is 0 Å². The molecule has 0 saturated carbocycles. The first-order valence-corrected chi connectivity index (χ1v) is 6.46. The maximum atomic E-state index is 10.6. The summed E-state index contributed by atoms with van der Waals surface area (Å²) in [5, 5.41) is 14.9. The molecule has 2 unspecified atom stereocenters. The lowest BCUT2D eigenvalue weighted by Crippen LogP contribution is -2.48. The summed E-state index contributed by atoms with van der Waals surface area (Å²) in [6, 6.07) is 0.454. The zero-order valence-electron chi connectivity index (χ0n) is 11.1. The Bertz CT molecular complexity index is 376. The van der Waals surface area contributed by atoms with Crippen molar-refractivity contribution in [2.45, 2.75) is 51.3 Å². The zero-order valence-corrected chi connectivity index (χ0v) is 11.1. The van der Waals surface area contributed by atoms with E-state index in [1.54, 1.807) is 0 Å². The smallest absolute Gasteiger partial charge is 0.0716 e. The summed E-state index contributed by atoms with van der Waals surface area (Å²) in [5.41, 5.74) is 0.596. The average Bonchev–Trinajstić information content (AvgIpc) is 2.71. The number of piperidine rings is 1. The van der Waals surface area contributed by atoms with Gasteiger partial charge in [0.2, 0.25) is 0 Å². The Balaban J connectivity index is 2.02. The highest BCUT2D eigenvalue weighted by Crippen LogP contribution is 2.29. The number of nitrogens with zero attached hydrogens (tertiary/aromatic N) is 3. The van der Waals surface area contributed by atoms with E-state index in [4.69, 9.17) is 0 Å². The molecule has 2 heterocycles. The third-order valence-electron chi connectivity index (χ3n) is 3.90. The van der Waals surface area contributed by atoms with Gasteiger partial charge in [-0.25, -0.2) is 0 Å². The molecule has 1 aromatic heterocycles. The summed E-state index contributed by atoms with van der Waals surface area (Å²) >= 11 is 0. The lowest BCUT2D eigenvalue weighted by Gasteiger charge is -2.41. The largest absolute Gasteiger partial charge is 0.389 e. The fraction of sp³-hybridized carbons (Fsp3) is 0.769. The summed E-state index contributed by atoms with van der Waals surface area (Å²) in [7, 11) is 2.12. The minimum Gasteiger partial charge on any atom is -0.389 e. The molecule has 1 fully saturated rings. The van der Waals surface area contributed by atoms with Gasteiger partial charge in [-0.15, -0.1) is 0 Å². The normalized spacial score (nSPS) is 30.7. The van der Waals surface area contributed by atoms with Crippen LogP contribution in [0.2, 0.25) is 0 Å². The van der Waals surface area contributed by atoms with E-state index in [9.17, 15) is 5.11 Å². The van der Waals surface area contributed by atoms with Crippen LogP contribution in [-0.2, 0) is 13.0 Å². The summed E-state index contributed by atoms with van der Waals surface area (Å²) in [6.07, 6.45) is 6.35. The summed E-state index contributed by atoms with van der Waals surface area (Å²) in [6.45, 7) is 6.11. The molecule has 1 N–H and O–H groups in total. The van der Waals surface area contributed by atoms with Crippen LogP contribution in [0.3, 0.4) is 0 Å². The third-order valence-corrected chi connectivity index (χ3v) is 3.90. The van der Waals surface area contributed by atoms with E-state index in [-0.39, 0.29) is 0 Å². The van der Waals surface area contributed by atoms with Crippen molar-refractivity contribution in [2.24, 2.45) is 0 Å². The van der Waals surface area contributed by atoms with Gasteiger partial charge in [0.05, 0.1) is 11.8 Å². The predicted octanol–water partition coefficient (Wildman–Crippen LogP) is 1.29. The van der Waals surface area contributed by atoms with Gasteiger partial charge in [0.1, 0.15) is 0 Å². The molecule has 2 rings (SSSR count). The van der Waals surface area contributed by atoms with E-state index in [2.05, 4.69) is 30.9 Å². The number of rotatable bonds is 3. The molecule has 4 nitrogen and oxygen atoms in total. The van der Waals surface area contributed by atoms with Crippen LogP contribution in [0.4, 0.5) is 0 Å². The van der Waals surface area contributed by atoms with Gasteiger partial charge in [0.15, 0.2) is 0 Å². The number of aryl methyl sites for hydroxylation is 1. The van der Waals surface area contributed by atoms with Gasteiger partial charge >= 0.3 is 0 Å². The highest BCUT2D eigenvalue weighted by molar-refractivity contribution is 5.09. The van der Waals surface area contributed by atoms with Gasteiger partial charge in [0, 0.05) is 31.7 Å². The number of aromatic nitrogens is 2. The first-order chi connectivity index (χ1) is 8.02. The van der Waals surface area contributed by atoms with Crippen molar-refractivity contribution in [3.8, 4) is 0 Å². The highest BCUT2D eigenvalue weighted by Gasteiger charge is 2.35. The Kier molecular flexibility index (Phi) is 3.54. The summed E-state index contributed by atoms with van der Waals surface area (Å²) < 4.78 is 1.91. The molecule has 0 aromatic carbocycles. The van der Waals surface area contributed by atoms with E-state index in [0.29, 0.717) is 6.04 Å². The molecule has 1 aromatic rings.